The number of primary amides is 1. The molecular weight excluding hydrogens is 438 g/mol. The molecule has 170 valence electrons. The van der Waals surface area contributed by atoms with Crippen molar-refractivity contribution in [2.45, 2.75) is 36.5 Å². The Morgan fingerprint density at radius 3 is 2.44 bits per heavy atom. The molecule has 0 aliphatic carbocycles. The molecule has 32 heavy (non-hydrogen) atoms. The number of aromatic amines is 1. The maximum atomic E-state index is 12.5. The molecule has 1 fully saturated rings. The number of nitrogens with two attached hydrogens (primary N) is 1. The Labute approximate surface area is 184 Å². The van der Waals surface area contributed by atoms with Crippen molar-refractivity contribution < 1.29 is 27.6 Å². The van der Waals surface area contributed by atoms with Crippen LogP contribution in [-0.2, 0) is 29.8 Å². The van der Waals surface area contributed by atoms with Crippen molar-refractivity contribution in [2.24, 2.45) is 5.73 Å². The van der Waals surface area contributed by atoms with Crippen molar-refractivity contribution in [3.05, 3.63) is 47.8 Å². The van der Waals surface area contributed by atoms with E-state index >= 15 is 0 Å². The Kier molecular flexibility index (Phi) is 6.46. The number of nitrogens with one attached hydrogen (secondary N) is 4. The molecule has 3 rings (SSSR count). The number of sulfonamides is 1. The van der Waals surface area contributed by atoms with Crippen LogP contribution in [0.2, 0.25) is 0 Å². The minimum atomic E-state index is -4.03. The van der Waals surface area contributed by atoms with Gasteiger partial charge in [0.2, 0.25) is 27.7 Å². The fraction of sp³-hybridized carbons (Fsp3) is 0.300. The third kappa shape index (κ3) is 4.70. The Morgan fingerprint density at radius 1 is 1.19 bits per heavy atom. The molecule has 2 aromatic rings. The first-order valence-electron chi connectivity index (χ1n) is 9.80. The number of carbonyl (C=O) groups is 4. The van der Waals surface area contributed by atoms with E-state index in [-0.39, 0.29) is 28.8 Å². The van der Waals surface area contributed by atoms with Crippen LogP contribution in [0, 0.1) is 0 Å². The highest BCUT2D eigenvalue weighted by Crippen LogP contribution is 2.36. The maximum Gasteiger partial charge on any atom is 0.265 e. The second-order valence-corrected chi connectivity index (χ2v) is 9.14. The molecule has 0 radical (unpaired) electrons. The molecule has 4 amide bonds. The van der Waals surface area contributed by atoms with Crippen molar-refractivity contribution in [1.82, 2.24) is 15.0 Å². The van der Waals surface area contributed by atoms with Crippen LogP contribution in [0.5, 0.6) is 0 Å². The number of anilines is 1. The molecular formula is C20H23N5O6S. The average molecular weight is 462 g/mol. The van der Waals surface area contributed by atoms with Gasteiger partial charge in [-0.05, 0) is 36.6 Å². The largest absolute Gasteiger partial charge is 0.364 e. The zero-order chi connectivity index (χ0) is 23.5. The van der Waals surface area contributed by atoms with Gasteiger partial charge in [-0.3, -0.25) is 24.5 Å². The molecule has 1 aromatic heterocycles. The van der Waals surface area contributed by atoms with Crippen LogP contribution in [0.25, 0.3) is 0 Å². The summed E-state index contributed by atoms with van der Waals surface area (Å²) < 4.78 is 26.6. The van der Waals surface area contributed by atoms with Crippen molar-refractivity contribution in [2.75, 3.05) is 11.9 Å². The van der Waals surface area contributed by atoms with Crippen molar-refractivity contribution in [1.29, 1.82) is 0 Å². The lowest BCUT2D eigenvalue weighted by molar-refractivity contribution is -0.138. The predicted octanol–water partition coefficient (Wildman–Crippen LogP) is 0.115. The van der Waals surface area contributed by atoms with Gasteiger partial charge >= 0.3 is 0 Å². The number of amides is 4. The second-order valence-electron chi connectivity index (χ2n) is 7.38. The van der Waals surface area contributed by atoms with Crippen LogP contribution < -0.4 is 21.1 Å². The van der Waals surface area contributed by atoms with Gasteiger partial charge in [-0.25, -0.2) is 13.1 Å². The average Bonchev–Trinajstić information content (AvgIpc) is 3.25. The third-order valence-electron chi connectivity index (χ3n) is 5.45. The maximum absolute atomic E-state index is 12.5. The number of piperidine rings is 1. The van der Waals surface area contributed by atoms with E-state index in [4.69, 9.17) is 5.73 Å². The van der Waals surface area contributed by atoms with E-state index in [1.54, 1.807) is 24.3 Å². The first-order chi connectivity index (χ1) is 15.1. The minimum absolute atomic E-state index is 0.0734. The van der Waals surface area contributed by atoms with Crippen molar-refractivity contribution in [3.8, 4) is 0 Å². The number of imide groups is 1. The van der Waals surface area contributed by atoms with E-state index in [1.165, 1.54) is 0 Å². The number of hydrogen-bond donors (Lipinski definition) is 5. The van der Waals surface area contributed by atoms with Gasteiger partial charge in [0, 0.05) is 18.3 Å². The predicted molar refractivity (Wildman–Crippen MR) is 114 cm³/mol. The summed E-state index contributed by atoms with van der Waals surface area (Å²) in [7, 11) is -4.03. The Morgan fingerprint density at radius 2 is 1.88 bits per heavy atom. The summed E-state index contributed by atoms with van der Waals surface area (Å²) in [5.74, 6) is -2.06. The summed E-state index contributed by atoms with van der Waals surface area (Å²) in [5.41, 5.74) is 5.33. The van der Waals surface area contributed by atoms with Crippen LogP contribution in [0.1, 0.15) is 42.2 Å². The molecule has 1 aromatic carbocycles. The highest BCUT2D eigenvalue weighted by Gasteiger charge is 2.42. The van der Waals surface area contributed by atoms with Crippen LogP contribution in [-0.4, -0.2) is 43.6 Å². The van der Waals surface area contributed by atoms with Crippen LogP contribution in [0.3, 0.4) is 0 Å². The molecule has 1 saturated heterocycles. The molecule has 1 unspecified atom stereocenters. The van der Waals surface area contributed by atoms with Crippen molar-refractivity contribution >= 4 is 39.3 Å². The van der Waals surface area contributed by atoms with Gasteiger partial charge < -0.3 is 16.0 Å². The number of carbonyl (C=O) groups excluding carboxylic acids is 4. The fourth-order valence-electron chi connectivity index (χ4n) is 3.56. The van der Waals surface area contributed by atoms with Crippen LogP contribution >= 0.6 is 0 Å². The van der Waals surface area contributed by atoms with Gasteiger partial charge in [0.15, 0.2) is 0 Å². The smallest absolute Gasteiger partial charge is 0.265 e. The summed E-state index contributed by atoms with van der Waals surface area (Å²) in [6.07, 6.45) is 2.26. The van der Waals surface area contributed by atoms with E-state index < -0.39 is 33.8 Å². The first-order valence-corrected chi connectivity index (χ1v) is 11.3. The quantitative estimate of drug-likeness (QED) is 0.348. The van der Waals surface area contributed by atoms with E-state index in [0.717, 1.165) is 17.8 Å². The highest BCUT2D eigenvalue weighted by atomic mass is 32.2. The molecule has 1 aliphatic rings. The van der Waals surface area contributed by atoms with Crippen molar-refractivity contribution in [3.63, 3.8) is 0 Å². The lowest BCUT2D eigenvalue weighted by atomic mass is 9.72. The number of benzene rings is 1. The van der Waals surface area contributed by atoms with Gasteiger partial charge in [-0.15, -0.1) is 0 Å². The van der Waals surface area contributed by atoms with Gasteiger partial charge in [0.25, 0.3) is 5.91 Å². The number of rotatable bonds is 8. The third-order valence-corrected chi connectivity index (χ3v) is 6.83. The van der Waals surface area contributed by atoms with Gasteiger partial charge in [0.05, 0.1) is 12.0 Å². The molecule has 11 nitrogen and oxygen atoms in total. The lowest BCUT2D eigenvalue weighted by Gasteiger charge is -2.35. The Balaban J connectivity index is 1.62. The Bertz CT molecular complexity index is 1170. The molecule has 1 atom stereocenters. The number of H-pyrrole nitrogens is 1. The van der Waals surface area contributed by atoms with E-state index in [9.17, 15) is 27.6 Å². The normalized spacial score (nSPS) is 18.8. The molecule has 1 aliphatic heterocycles. The summed E-state index contributed by atoms with van der Waals surface area (Å²) in [4.78, 5) is 49.4. The lowest BCUT2D eigenvalue weighted by Crippen LogP contribution is -2.51. The Hall–Kier alpha value is -3.51. The summed E-state index contributed by atoms with van der Waals surface area (Å²) in [5, 5.41) is 4.94. The highest BCUT2D eigenvalue weighted by molar-refractivity contribution is 7.89. The standard InChI is InChI=1S/C20H23N5O6S/c1-2-20(8-7-16(26)25-19(20)29)12-3-5-13(6-4-12)24-17(27)11-23-32(30,31)14-9-15(18(21)28)22-10-14/h3-6,9-10,22-23H,2,7-8,11H2,1H3,(H2,21,28)(H,24,27)(H,25,26,29). The zero-order valence-corrected chi connectivity index (χ0v) is 18.0. The summed E-state index contributed by atoms with van der Waals surface area (Å²) in [6.45, 7) is 1.33. The topological polar surface area (TPSA) is 180 Å². The molecule has 0 spiro atoms. The molecule has 0 saturated carbocycles. The van der Waals surface area contributed by atoms with Crippen LogP contribution in [0.4, 0.5) is 5.69 Å². The molecule has 6 N–H and O–H groups in total. The van der Waals surface area contributed by atoms with E-state index in [0.29, 0.717) is 18.5 Å². The SMILES string of the molecule is CCC1(c2ccc(NC(=O)CNS(=O)(=O)c3c[nH]c(C(N)=O)c3)cc2)CCC(=O)NC1=O. The molecule has 2 heterocycles. The van der Waals surface area contributed by atoms with E-state index in [1.807, 2.05) is 6.92 Å². The van der Waals surface area contributed by atoms with E-state index in [2.05, 4.69) is 20.3 Å². The monoisotopic (exact) mass is 461 g/mol. The van der Waals surface area contributed by atoms with Gasteiger partial charge in [0.1, 0.15) is 10.6 Å². The van der Waals surface area contributed by atoms with Gasteiger partial charge in [-0.1, -0.05) is 19.1 Å². The number of hydrogen-bond acceptors (Lipinski definition) is 6. The zero-order valence-electron chi connectivity index (χ0n) is 17.2. The first kappa shape index (κ1) is 23.2. The molecule has 0 bridgehead atoms. The fourth-order valence-corrected chi connectivity index (χ4v) is 4.53. The summed E-state index contributed by atoms with van der Waals surface area (Å²) in [6, 6.07) is 7.68. The summed E-state index contributed by atoms with van der Waals surface area (Å²) >= 11 is 0. The molecule has 12 heteroatoms. The van der Waals surface area contributed by atoms with Crippen LogP contribution in [0.15, 0.2) is 41.4 Å². The minimum Gasteiger partial charge on any atom is -0.364 e. The number of aromatic nitrogens is 1. The second kappa shape index (κ2) is 8.93. The van der Waals surface area contributed by atoms with Gasteiger partial charge in [-0.2, -0.15) is 0 Å².